The molecule has 0 saturated heterocycles. The molecule has 9 heteroatoms. The Balaban J connectivity index is 1.87. The van der Waals surface area contributed by atoms with Gasteiger partial charge < -0.3 is 19.2 Å². The minimum absolute atomic E-state index is 0.140. The lowest BCUT2D eigenvalue weighted by Crippen LogP contribution is -2.29. The van der Waals surface area contributed by atoms with Crippen molar-refractivity contribution in [2.24, 2.45) is 0 Å². The molecule has 0 aliphatic carbocycles. The molecule has 28 heavy (non-hydrogen) atoms. The third-order valence-corrected chi connectivity index (χ3v) is 5.87. The highest BCUT2D eigenvalue weighted by molar-refractivity contribution is 7.88. The largest absolute Gasteiger partial charge is 0.461 e. The average Bonchev–Trinajstić information content (AvgIpc) is 3.19. The van der Waals surface area contributed by atoms with Gasteiger partial charge in [-0.2, -0.15) is 4.31 Å². The molecule has 0 unspecified atom stereocenters. The van der Waals surface area contributed by atoms with Gasteiger partial charge in [-0.25, -0.2) is 13.2 Å². The van der Waals surface area contributed by atoms with Crippen LogP contribution in [0.15, 0.2) is 18.2 Å². The third kappa shape index (κ3) is 4.15. The van der Waals surface area contributed by atoms with Crippen molar-refractivity contribution in [3.05, 3.63) is 46.3 Å². The van der Waals surface area contributed by atoms with Crippen molar-refractivity contribution in [1.29, 1.82) is 0 Å². The Labute approximate surface area is 164 Å². The van der Waals surface area contributed by atoms with Gasteiger partial charge in [-0.05, 0) is 49.6 Å². The molecular weight excluding hydrogens is 384 g/mol. The van der Waals surface area contributed by atoms with Crippen LogP contribution in [0.25, 0.3) is 0 Å². The van der Waals surface area contributed by atoms with E-state index in [1.54, 1.807) is 26.0 Å². The van der Waals surface area contributed by atoms with Gasteiger partial charge in [0.15, 0.2) is 11.5 Å². The highest BCUT2D eigenvalue weighted by Crippen LogP contribution is 2.33. The first-order valence-electron chi connectivity index (χ1n) is 8.89. The molecule has 1 aromatic carbocycles. The number of H-pyrrole nitrogens is 1. The van der Waals surface area contributed by atoms with E-state index in [0.717, 1.165) is 16.8 Å². The third-order valence-electron chi connectivity index (χ3n) is 4.67. The number of aromatic amines is 1. The molecule has 2 heterocycles. The SMILES string of the molecule is CCOC(=O)c1[nH]c(C)c(CN(Cc2ccc3c(c2)OCO3)S(C)(=O)=O)c1C. The first kappa shape index (κ1) is 20.2. The first-order valence-corrected chi connectivity index (χ1v) is 10.7. The molecule has 1 aliphatic heterocycles. The maximum atomic E-state index is 12.4. The second-order valence-electron chi connectivity index (χ2n) is 6.67. The second kappa shape index (κ2) is 7.84. The minimum atomic E-state index is -3.50. The fourth-order valence-electron chi connectivity index (χ4n) is 3.14. The maximum absolute atomic E-state index is 12.4. The molecule has 0 amide bonds. The fourth-order valence-corrected chi connectivity index (χ4v) is 3.89. The van der Waals surface area contributed by atoms with Crippen molar-refractivity contribution in [1.82, 2.24) is 9.29 Å². The lowest BCUT2D eigenvalue weighted by molar-refractivity contribution is 0.0519. The van der Waals surface area contributed by atoms with E-state index < -0.39 is 16.0 Å². The molecule has 152 valence electrons. The normalized spacial score (nSPS) is 13.2. The summed E-state index contributed by atoms with van der Waals surface area (Å²) in [6, 6.07) is 5.36. The minimum Gasteiger partial charge on any atom is -0.461 e. The van der Waals surface area contributed by atoms with Crippen LogP contribution in [-0.2, 0) is 27.8 Å². The molecule has 0 spiro atoms. The van der Waals surface area contributed by atoms with E-state index in [4.69, 9.17) is 14.2 Å². The monoisotopic (exact) mass is 408 g/mol. The van der Waals surface area contributed by atoms with Gasteiger partial charge in [0.05, 0.1) is 12.9 Å². The smallest absolute Gasteiger partial charge is 0.355 e. The number of carbonyl (C=O) groups is 1. The van der Waals surface area contributed by atoms with Crippen LogP contribution in [0.5, 0.6) is 11.5 Å². The number of esters is 1. The van der Waals surface area contributed by atoms with Gasteiger partial charge in [-0.1, -0.05) is 6.07 Å². The Morgan fingerprint density at radius 2 is 1.93 bits per heavy atom. The Morgan fingerprint density at radius 3 is 2.61 bits per heavy atom. The van der Waals surface area contributed by atoms with Crippen LogP contribution < -0.4 is 9.47 Å². The number of sulfonamides is 1. The van der Waals surface area contributed by atoms with Crippen LogP contribution in [0.2, 0.25) is 0 Å². The summed E-state index contributed by atoms with van der Waals surface area (Å²) in [7, 11) is -3.50. The van der Waals surface area contributed by atoms with Gasteiger partial charge in [0.1, 0.15) is 5.69 Å². The number of aryl methyl sites for hydroxylation is 1. The Morgan fingerprint density at radius 1 is 1.21 bits per heavy atom. The highest BCUT2D eigenvalue weighted by Gasteiger charge is 2.24. The average molecular weight is 408 g/mol. The number of ether oxygens (including phenoxy) is 3. The molecular formula is C19H24N2O6S. The van der Waals surface area contributed by atoms with Gasteiger partial charge >= 0.3 is 5.97 Å². The molecule has 8 nitrogen and oxygen atoms in total. The molecule has 3 rings (SSSR count). The predicted octanol–water partition coefficient (Wildman–Crippen LogP) is 2.50. The lowest BCUT2D eigenvalue weighted by Gasteiger charge is -2.21. The molecule has 0 saturated carbocycles. The van der Waals surface area contributed by atoms with Gasteiger partial charge in [-0.3, -0.25) is 0 Å². The van der Waals surface area contributed by atoms with Crippen molar-refractivity contribution in [2.75, 3.05) is 19.7 Å². The Hall–Kier alpha value is -2.52. The molecule has 0 fully saturated rings. The number of hydrogen-bond donors (Lipinski definition) is 1. The molecule has 1 aliphatic rings. The van der Waals surface area contributed by atoms with Crippen LogP contribution in [-0.4, -0.2) is 43.3 Å². The number of hydrogen-bond acceptors (Lipinski definition) is 6. The van der Waals surface area contributed by atoms with Gasteiger partial charge in [0.25, 0.3) is 0 Å². The van der Waals surface area contributed by atoms with E-state index in [1.807, 2.05) is 13.0 Å². The van der Waals surface area contributed by atoms with Crippen LogP contribution in [0.4, 0.5) is 0 Å². The van der Waals surface area contributed by atoms with Crippen molar-refractivity contribution < 1.29 is 27.4 Å². The summed E-state index contributed by atoms with van der Waals surface area (Å²) in [4.78, 5) is 15.1. The number of nitrogens with one attached hydrogen (secondary N) is 1. The lowest BCUT2D eigenvalue weighted by atomic mass is 10.1. The second-order valence-corrected chi connectivity index (χ2v) is 8.65. The summed E-state index contributed by atoms with van der Waals surface area (Å²) in [6.45, 7) is 6.08. The van der Waals surface area contributed by atoms with E-state index in [-0.39, 0.29) is 26.5 Å². The molecule has 1 N–H and O–H groups in total. The summed E-state index contributed by atoms with van der Waals surface area (Å²) in [5, 5.41) is 0. The molecule has 1 aromatic heterocycles. The summed E-state index contributed by atoms with van der Waals surface area (Å²) < 4.78 is 41.9. The number of fused-ring (bicyclic) bond motifs is 1. The summed E-state index contributed by atoms with van der Waals surface area (Å²) in [5.41, 5.74) is 3.32. The van der Waals surface area contributed by atoms with Gasteiger partial charge in [0, 0.05) is 18.8 Å². The summed E-state index contributed by atoms with van der Waals surface area (Å²) >= 11 is 0. The standard InChI is InChI=1S/C19H24N2O6S/c1-5-25-19(22)18-12(2)15(13(3)20-18)10-21(28(4,23)24)9-14-6-7-16-17(8-14)27-11-26-16/h6-8,20H,5,9-11H2,1-4H3. The van der Waals surface area contributed by atoms with Gasteiger partial charge in [0.2, 0.25) is 16.8 Å². The summed E-state index contributed by atoms with van der Waals surface area (Å²) in [6.07, 6.45) is 1.17. The first-order chi connectivity index (χ1) is 13.2. The predicted molar refractivity (Wildman–Crippen MR) is 103 cm³/mol. The van der Waals surface area contributed by atoms with E-state index in [9.17, 15) is 13.2 Å². The van der Waals surface area contributed by atoms with E-state index in [2.05, 4.69) is 4.98 Å². The molecule has 2 aromatic rings. The Kier molecular flexibility index (Phi) is 5.66. The van der Waals surface area contributed by atoms with E-state index in [1.165, 1.54) is 10.6 Å². The summed E-state index contributed by atoms with van der Waals surface area (Å²) in [5.74, 6) is 0.798. The fraction of sp³-hybridized carbons (Fsp3) is 0.421. The highest BCUT2D eigenvalue weighted by atomic mass is 32.2. The number of rotatable bonds is 7. The molecule has 0 bridgehead atoms. The van der Waals surface area contributed by atoms with E-state index in [0.29, 0.717) is 22.8 Å². The van der Waals surface area contributed by atoms with Crippen LogP contribution in [0.3, 0.4) is 0 Å². The van der Waals surface area contributed by atoms with Crippen LogP contribution in [0.1, 0.15) is 39.8 Å². The number of benzene rings is 1. The Bertz CT molecular complexity index is 996. The zero-order chi connectivity index (χ0) is 20.5. The zero-order valence-electron chi connectivity index (χ0n) is 16.4. The molecule has 0 atom stereocenters. The van der Waals surface area contributed by atoms with Crippen molar-refractivity contribution in [3.63, 3.8) is 0 Å². The number of nitrogens with zero attached hydrogens (tertiary/aromatic N) is 1. The number of aromatic nitrogens is 1. The van der Waals surface area contributed by atoms with Gasteiger partial charge in [-0.15, -0.1) is 0 Å². The van der Waals surface area contributed by atoms with Crippen LogP contribution >= 0.6 is 0 Å². The van der Waals surface area contributed by atoms with E-state index >= 15 is 0 Å². The van der Waals surface area contributed by atoms with Crippen molar-refractivity contribution >= 4 is 16.0 Å². The molecule has 0 radical (unpaired) electrons. The van der Waals surface area contributed by atoms with Crippen molar-refractivity contribution in [2.45, 2.75) is 33.9 Å². The van der Waals surface area contributed by atoms with Crippen molar-refractivity contribution in [3.8, 4) is 11.5 Å². The maximum Gasteiger partial charge on any atom is 0.355 e. The topological polar surface area (TPSA) is 97.9 Å². The van der Waals surface area contributed by atoms with Crippen LogP contribution in [0, 0.1) is 13.8 Å². The quantitative estimate of drug-likeness (QED) is 0.707. The number of carbonyl (C=O) groups excluding carboxylic acids is 1. The zero-order valence-corrected chi connectivity index (χ0v) is 17.2.